The SMILES string of the molecule is CC1(C)C(NCc2ccncn2)C1(C)C. The van der Waals surface area contributed by atoms with Gasteiger partial charge in [-0.15, -0.1) is 0 Å². The predicted molar refractivity (Wildman–Crippen MR) is 60.2 cm³/mol. The van der Waals surface area contributed by atoms with Gasteiger partial charge in [0.25, 0.3) is 0 Å². The molecule has 0 saturated heterocycles. The summed E-state index contributed by atoms with van der Waals surface area (Å²) in [5.41, 5.74) is 1.84. The Morgan fingerprint density at radius 2 is 1.93 bits per heavy atom. The molecule has 0 aromatic carbocycles. The molecule has 0 amide bonds. The molecule has 0 spiro atoms. The number of aromatic nitrogens is 2. The van der Waals surface area contributed by atoms with Gasteiger partial charge < -0.3 is 5.32 Å². The number of hydrogen-bond donors (Lipinski definition) is 1. The van der Waals surface area contributed by atoms with Gasteiger partial charge in [-0.05, 0) is 16.9 Å². The van der Waals surface area contributed by atoms with Gasteiger partial charge in [-0.3, -0.25) is 0 Å². The third-order valence-corrected chi connectivity index (χ3v) is 4.15. The van der Waals surface area contributed by atoms with Crippen LogP contribution in [0.4, 0.5) is 0 Å². The van der Waals surface area contributed by atoms with Crippen LogP contribution in [0.25, 0.3) is 0 Å². The molecule has 15 heavy (non-hydrogen) atoms. The van der Waals surface area contributed by atoms with Gasteiger partial charge in [0.1, 0.15) is 6.33 Å². The zero-order valence-electron chi connectivity index (χ0n) is 9.91. The Bertz CT molecular complexity index is 329. The topological polar surface area (TPSA) is 37.8 Å². The summed E-state index contributed by atoms with van der Waals surface area (Å²) in [5, 5.41) is 3.56. The maximum atomic E-state index is 4.20. The van der Waals surface area contributed by atoms with E-state index in [9.17, 15) is 0 Å². The van der Waals surface area contributed by atoms with Crippen LogP contribution in [-0.4, -0.2) is 16.0 Å². The molecule has 82 valence electrons. The van der Waals surface area contributed by atoms with Gasteiger partial charge in [-0.1, -0.05) is 27.7 Å². The van der Waals surface area contributed by atoms with Crippen LogP contribution >= 0.6 is 0 Å². The maximum absolute atomic E-state index is 4.20. The molecular formula is C12H19N3. The van der Waals surface area contributed by atoms with Crippen molar-refractivity contribution in [3.05, 3.63) is 24.3 Å². The van der Waals surface area contributed by atoms with E-state index >= 15 is 0 Å². The highest BCUT2D eigenvalue weighted by atomic mass is 15.0. The fourth-order valence-corrected chi connectivity index (χ4v) is 2.34. The first kappa shape index (κ1) is 10.6. The summed E-state index contributed by atoms with van der Waals surface area (Å²) in [4.78, 5) is 8.11. The molecule has 1 heterocycles. The fourth-order valence-electron chi connectivity index (χ4n) is 2.34. The molecule has 0 radical (unpaired) electrons. The lowest BCUT2D eigenvalue weighted by Gasteiger charge is -2.05. The van der Waals surface area contributed by atoms with Crippen LogP contribution in [0, 0.1) is 10.8 Å². The monoisotopic (exact) mass is 205 g/mol. The van der Waals surface area contributed by atoms with Gasteiger partial charge in [0.15, 0.2) is 0 Å². The highest BCUT2D eigenvalue weighted by Gasteiger charge is 2.64. The first-order valence-corrected chi connectivity index (χ1v) is 5.44. The van der Waals surface area contributed by atoms with Crippen LogP contribution < -0.4 is 5.32 Å². The molecule has 0 atom stereocenters. The van der Waals surface area contributed by atoms with E-state index in [1.54, 1.807) is 12.5 Å². The first-order chi connectivity index (χ1) is 6.96. The molecule has 1 aliphatic carbocycles. The standard InChI is InChI=1S/C12H19N3/c1-11(2)10(12(11,3)4)14-7-9-5-6-13-8-15-9/h5-6,8,10,14H,7H2,1-4H3. The fraction of sp³-hybridized carbons (Fsp3) is 0.667. The Labute approximate surface area is 91.3 Å². The molecule has 0 bridgehead atoms. The molecule has 1 aliphatic rings. The number of nitrogens with zero attached hydrogens (tertiary/aromatic N) is 2. The Hall–Kier alpha value is -0.960. The van der Waals surface area contributed by atoms with Crippen LogP contribution in [0.3, 0.4) is 0 Å². The summed E-state index contributed by atoms with van der Waals surface area (Å²) in [6.07, 6.45) is 3.38. The van der Waals surface area contributed by atoms with Crippen molar-refractivity contribution in [2.45, 2.75) is 40.3 Å². The average molecular weight is 205 g/mol. The molecule has 3 nitrogen and oxygen atoms in total. The Balaban J connectivity index is 1.92. The minimum atomic E-state index is 0.389. The van der Waals surface area contributed by atoms with E-state index in [1.165, 1.54) is 0 Å². The molecule has 0 aliphatic heterocycles. The van der Waals surface area contributed by atoms with Crippen LogP contribution in [0.15, 0.2) is 18.6 Å². The van der Waals surface area contributed by atoms with Crippen molar-refractivity contribution < 1.29 is 0 Å². The third-order valence-electron chi connectivity index (χ3n) is 4.15. The Kier molecular flexibility index (Phi) is 2.30. The Morgan fingerprint density at radius 3 is 2.40 bits per heavy atom. The molecule has 1 N–H and O–H groups in total. The summed E-state index contributed by atoms with van der Waals surface area (Å²) >= 11 is 0. The van der Waals surface area contributed by atoms with Crippen molar-refractivity contribution in [1.29, 1.82) is 0 Å². The minimum absolute atomic E-state index is 0.389. The van der Waals surface area contributed by atoms with Crippen LogP contribution in [0.2, 0.25) is 0 Å². The van der Waals surface area contributed by atoms with E-state index in [-0.39, 0.29) is 0 Å². The molecular weight excluding hydrogens is 186 g/mol. The average Bonchev–Trinajstić information content (AvgIpc) is 2.57. The summed E-state index contributed by atoms with van der Waals surface area (Å²) in [6.45, 7) is 10.1. The minimum Gasteiger partial charge on any atom is -0.307 e. The highest BCUT2D eigenvalue weighted by Crippen LogP contribution is 2.62. The summed E-state index contributed by atoms with van der Waals surface area (Å²) < 4.78 is 0. The second kappa shape index (κ2) is 3.27. The molecule has 1 aromatic rings. The number of rotatable bonds is 3. The molecule has 0 unspecified atom stereocenters. The lowest BCUT2D eigenvalue weighted by molar-refractivity contribution is 0.457. The van der Waals surface area contributed by atoms with Crippen molar-refractivity contribution in [3.63, 3.8) is 0 Å². The van der Waals surface area contributed by atoms with Gasteiger partial charge >= 0.3 is 0 Å². The smallest absolute Gasteiger partial charge is 0.115 e. The summed E-state index contributed by atoms with van der Waals surface area (Å²) in [7, 11) is 0. The van der Waals surface area contributed by atoms with Crippen molar-refractivity contribution in [2.75, 3.05) is 0 Å². The number of nitrogens with one attached hydrogen (secondary N) is 1. The molecule has 1 fully saturated rings. The van der Waals surface area contributed by atoms with Crippen LogP contribution in [0.5, 0.6) is 0 Å². The van der Waals surface area contributed by atoms with Gasteiger partial charge in [0, 0.05) is 18.8 Å². The Morgan fingerprint density at radius 1 is 1.27 bits per heavy atom. The van der Waals surface area contributed by atoms with Crippen LogP contribution in [0.1, 0.15) is 33.4 Å². The predicted octanol–water partition coefficient (Wildman–Crippen LogP) is 2.00. The normalized spacial score (nSPS) is 22.7. The van der Waals surface area contributed by atoms with E-state index in [4.69, 9.17) is 0 Å². The van der Waals surface area contributed by atoms with Crippen molar-refractivity contribution in [3.8, 4) is 0 Å². The second-order valence-corrected chi connectivity index (χ2v) is 5.46. The zero-order valence-corrected chi connectivity index (χ0v) is 9.91. The van der Waals surface area contributed by atoms with Gasteiger partial charge in [-0.25, -0.2) is 9.97 Å². The van der Waals surface area contributed by atoms with Crippen LogP contribution in [-0.2, 0) is 6.54 Å². The molecule has 3 heteroatoms. The lowest BCUT2D eigenvalue weighted by atomic mass is 10.0. The summed E-state index contributed by atoms with van der Waals surface area (Å²) in [5.74, 6) is 0. The third kappa shape index (κ3) is 1.65. The highest BCUT2D eigenvalue weighted by molar-refractivity contribution is 5.18. The number of hydrogen-bond acceptors (Lipinski definition) is 3. The molecule has 1 saturated carbocycles. The summed E-state index contributed by atoms with van der Waals surface area (Å²) in [6, 6.07) is 2.54. The lowest BCUT2D eigenvalue weighted by Crippen LogP contribution is -2.22. The van der Waals surface area contributed by atoms with Gasteiger partial charge in [0.05, 0.1) is 5.69 Å². The van der Waals surface area contributed by atoms with E-state index in [2.05, 4.69) is 43.0 Å². The molecule has 1 aromatic heterocycles. The van der Waals surface area contributed by atoms with Gasteiger partial charge in [-0.2, -0.15) is 0 Å². The zero-order chi connectivity index (χ0) is 11.1. The second-order valence-electron chi connectivity index (χ2n) is 5.46. The van der Waals surface area contributed by atoms with Gasteiger partial charge in [0.2, 0.25) is 0 Å². The van der Waals surface area contributed by atoms with Crippen molar-refractivity contribution in [2.24, 2.45) is 10.8 Å². The maximum Gasteiger partial charge on any atom is 0.115 e. The van der Waals surface area contributed by atoms with E-state index < -0.39 is 0 Å². The quantitative estimate of drug-likeness (QED) is 0.820. The first-order valence-electron chi connectivity index (χ1n) is 5.44. The van der Waals surface area contributed by atoms with Crippen molar-refractivity contribution >= 4 is 0 Å². The van der Waals surface area contributed by atoms with E-state index in [0.29, 0.717) is 16.9 Å². The molecule has 2 rings (SSSR count). The van der Waals surface area contributed by atoms with E-state index in [1.807, 2.05) is 6.07 Å². The van der Waals surface area contributed by atoms with E-state index in [0.717, 1.165) is 12.2 Å². The largest absolute Gasteiger partial charge is 0.307 e. The van der Waals surface area contributed by atoms with Crippen molar-refractivity contribution in [1.82, 2.24) is 15.3 Å².